The molecular formula is C23H34N6O. The lowest BCUT2D eigenvalue weighted by Gasteiger charge is -2.31. The number of amides is 1. The predicted molar refractivity (Wildman–Crippen MR) is 121 cm³/mol. The molecule has 0 aliphatic heterocycles. The minimum Gasteiger partial charge on any atom is -0.352 e. The quantitative estimate of drug-likeness (QED) is 0.542. The molecule has 0 atom stereocenters. The molecule has 0 bridgehead atoms. The van der Waals surface area contributed by atoms with E-state index in [0.29, 0.717) is 6.54 Å². The number of hydrogen-bond acceptors (Lipinski definition) is 3. The Morgan fingerprint density at radius 2 is 2.07 bits per heavy atom. The zero-order valence-electron chi connectivity index (χ0n) is 18.3. The van der Waals surface area contributed by atoms with Crippen molar-refractivity contribution in [2.75, 3.05) is 26.0 Å². The second-order valence-corrected chi connectivity index (χ2v) is 8.36. The van der Waals surface area contributed by atoms with E-state index in [0.717, 1.165) is 35.6 Å². The van der Waals surface area contributed by atoms with Gasteiger partial charge in [-0.05, 0) is 48.4 Å². The van der Waals surface area contributed by atoms with Crippen LogP contribution < -0.4 is 10.6 Å². The van der Waals surface area contributed by atoms with Crippen LogP contribution in [0.3, 0.4) is 0 Å². The predicted octanol–water partition coefficient (Wildman–Crippen LogP) is 3.36. The lowest BCUT2D eigenvalue weighted by molar-refractivity contribution is -0.116. The molecule has 0 radical (unpaired) electrons. The van der Waals surface area contributed by atoms with Crippen LogP contribution in [0.25, 0.3) is 0 Å². The van der Waals surface area contributed by atoms with E-state index in [1.54, 1.807) is 23.1 Å². The van der Waals surface area contributed by atoms with Gasteiger partial charge >= 0.3 is 0 Å². The topological polar surface area (TPSA) is 74.5 Å². The van der Waals surface area contributed by atoms with Gasteiger partial charge in [0.25, 0.3) is 0 Å². The Morgan fingerprint density at radius 1 is 1.27 bits per heavy atom. The Kier molecular flexibility index (Phi) is 7.88. The molecule has 1 heterocycles. The van der Waals surface area contributed by atoms with Crippen molar-refractivity contribution in [3.8, 4) is 0 Å². The molecule has 0 unspecified atom stereocenters. The highest BCUT2D eigenvalue weighted by molar-refractivity contribution is 5.90. The number of nitrogens with zero attached hydrogens (tertiary/aromatic N) is 4. The van der Waals surface area contributed by atoms with Crippen molar-refractivity contribution in [1.82, 2.24) is 20.0 Å². The SMILES string of the molecule is CN=C(NCc1cccc(NC(=O)Cn2cccn2)c1)N(C)CC1CCC(C)CC1. The van der Waals surface area contributed by atoms with Crippen LogP contribution in [0.5, 0.6) is 0 Å². The van der Waals surface area contributed by atoms with Gasteiger partial charge in [0.05, 0.1) is 0 Å². The van der Waals surface area contributed by atoms with Crippen molar-refractivity contribution in [2.45, 2.75) is 45.7 Å². The molecule has 1 saturated carbocycles. The summed E-state index contributed by atoms with van der Waals surface area (Å²) in [6, 6.07) is 9.69. The summed E-state index contributed by atoms with van der Waals surface area (Å²) in [7, 11) is 3.94. The second kappa shape index (κ2) is 10.8. The van der Waals surface area contributed by atoms with Crippen LogP contribution >= 0.6 is 0 Å². The summed E-state index contributed by atoms with van der Waals surface area (Å²) in [5, 5.41) is 10.4. The molecule has 1 aliphatic rings. The van der Waals surface area contributed by atoms with Gasteiger partial charge in [0.15, 0.2) is 5.96 Å². The molecule has 1 aromatic heterocycles. The molecule has 1 aliphatic carbocycles. The molecule has 2 aromatic rings. The van der Waals surface area contributed by atoms with Crippen LogP contribution in [0.15, 0.2) is 47.7 Å². The number of rotatable bonds is 7. The highest BCUT2D eigenvalue weighted by Gasteiger charge is 2.20. The van der Waals surface area contributed by atoms with E-state index in [4.69, 9.17) is 0 Å². The summed E-state index contributed by atoms with van der Waals surface area (Å²) in [5.74, 6) is 2.43. The van der Waals surface area contributed by atoms with Crippen LogP contribution in [0.4, 0.5) is 5.69 Å². The first-order valence-electron chi connectivity index (χ1n) is 10.8. The highest BCUT2D eigenvalue weighted by Crippen LogP contribution is 2.28. The zero-order chi connectivity index (χ0) is 21.3. The van der Waals surface area contributed by atoms with E-state index in [1.165, 1.54) is 25.7 Å². The summed E-state index contributed by atoms with van der Waals surface area (Å²) in [4.78, 5) is 18.9. The smallest absolute Gasteiger partial charge is 0.246 e. The van der Waals surface area contributed by atoms with Gasteiger partial charge in [0.2, 0.25) is 5.91 Å². The van der Waals surface area contributed by atoms with Gasteiger partial charge in [0, 0.05) is 45.3 Å². The van der Waals surface area contributed by atoms with Crippen molar-refractivity contribution in [3.63, 3.8) is 0 Å². The second-order valence-electron chi connectivity index (χ2n) is 8.36. The van der Waals surface area contributed by atoms with Crippen LogP contribution in [-0.4, -0.2) is 47.2 Å². The average molecular weight is 411 g/mol. The first-order valence-corrected chi connectivity index (χ1v) is 10.8. The van der Waals surface area contributed by atoms with Crippen molar-refractivity contribution in [2.24, 2.45) is 16.8 Å². The Labute approximate surface area is 179 Å². The fraction of sp³-hybridized carbons (Fsp3) is 0.522. The fourth-order valence-corrected chi connectivity index (χ4v) is 4.05. The number of guanidine groups is 1. The molecule has 1 aromatic carbocycles. The molecule has 162 valence electrons. The average Bonchev–Trinajstić information content (AvgIpc) is 3.23. The number of aliphatic imine (C=N–C) groups is 1. The standard InChI is InChI=1S/C23H34N6O/c1-18-8-10-19(11-9-18)16-28(3)23(24-2)25-15-20-6-4-7-21(14-20)27-22(30)17-29-13-5-12-26-29/h4-7,12-14,18-19H,8-11,15-17H2,1-3H3,(H,24,25)(H,27,30). The Balaban J connectivity index is 1.49. The summed E-state index contributed by atoms with van der Waals surface area (Å²) in [6.07, 6.45) is 8.73. The number of carbonyl (C=O) groups is 1. The van der Waals surface area contributed by atoms with Crippen molar-refractivity contribution in [3.05, 3.63) is 48.3 Å². The third kappa shape index (κ3) is 6.61. The summed E-state index contributed by atoms with van der Waals surface area (Å²) >= 11 is 0. The maximum Gasteiger partial charge on any atom is 0.246 e. The summed E-state index contributed by atoms with van der Waals surface area (Å²) in [5.41, 5.74) is 1.87. The fourth-order valence-electron chi connectivity index (χ4n) is 4.05. The first-order chi connectivity index (χ1) is 14.5. The number of anilines is 1. The molecule has 1 amide bonds. The molecule has 2 N–H and O–H groups in total. The van der Waals surface area contributed by atoms with E-state index in [-0.39, 0.29) is 12.5 Å². The maximum atomic E-state index is 12.2. The van der Waals surface area contributed by atoms with Crippen LogP contribution in [0, 0.1) is 11.8 Å². The van der Waals surface area contributed by atoms with Gasteiger partial charge in [-0.25, -0.2) is 0 Å². The number of carbonyl (C=O) groups excluding carboxylic acids is 1. The van der Waals surface area contributed by atoms with Crippen molar-refractivity contribution < 1.29 is 4.79 Å². The first kappa shape index (κ1) is 21.9. The third-order valence-electron chi connectivity index (χ3n) is 5.77. The van der Waals surface area contributed by atoms with Gasteiger partial charge in [-0.3, -0.25) is 14.5 Å². The number of hydrogen-bond donors (Lipinski definition) is 2. The number of aromatic nitrogens is 2. The van der Waals surface area contributed by atoms with Gasteiger partial charge in [0.1, 0.15) is 6.54 Å². The maximum absolute atomic E-state index is 12.2. The molecule has 0 spiro atoms. The molecule has 3 rings (SSSR count). The normalized spacial score (nSPS) is 19.4. The van der Waals surface area contributed by atoms with Crippen molar-refractivity contribution >= 4 is 17.6 Å². The van der Waals surface area contributed by atoms with E-state index in [2.05, 4.69) is 39.6 Å². The minimum absolute atomic E-state index is 0.0962. The Morgan fingerprint density at radius 3 is 2.77 bits per heavy atom. The summed E-state index contributed by atoms with van der Waals surface area (Å²) in [6.45, 7) is 4.25. The molecule has 7 nitrogen and oxygen atoms in total. The number of benzene rings is 1. The Hall–Kier alpha value is -2.83. The third-order valence-corrected chi connectivity index (χ3v) is 5.77. The summed E-state index contributed by atoms with van der Waals surface area (Å²) < 4.78 is 1.60. The van der Waals surface area contributed by atoms with Gasteiger partial charge < -0.3 is 15.5 Å². The van der Waals surface area contributed by atoms with Gasteiger partial charge in [-0.1, -0.05) is 31.9 Å². The van der Waals surface area contributed by atoms with Gasteiger partial charge in [-0.15, -0.1) is 0 Å². The van der Waals surface area contributed by atoms with E-state index >= 15 is 0 Å². The lowest BCUT2D eigenvalue weighted by Crippen LogP contribution is -2.41. The highest BCUT2D eigenvalue weighted by atomic mass is 16.2. The van der Waals surface area contributed by atoms with E-state index in [1.807, 2.05) is 31.3 Å². The number of nitrogens with one attached hydrogen (secondary N) is 2. The zero-order valence-corrected chi connectivity index (χ0v) is 18.3. The monoisotopic (exact) mass is 410 g/mol. The molecule has 1 fully saturated rings. The van der Waals surface area contributed by atoms with Gasteiger partial charge in [-0.2, -0.15) is 5.10 Å². The van der Waals surface area contributed by atoms with E-state index in [9.17, 15) is 4.79 Å². The van der Waals surface area contributed by atoms with Crippen LogP contribution in [-0.2, 0) is 17.9 Å². The molecule has 7 heteroatoms. The molecule has 30 heavy (non-hydrogen) atoms. The van der Waals surface area contributed by atoms with Crippen LogP contribution in [0.1, 0.15) is 38.2 Å². The molecular weight excluding hydrogens is 376 g/mol. The minimum atomic E-state index is -0.0962. The van der Waals surface area contributed by atoms with Crippen molar-refractivity contribution in [1.29, 1.82) is 0 Å². The largest absolute Gasteiger partial charge is 0.352 e. The van der Waals surface area contributed by atoms with E-state index < -0.39 is 0 Å². The molecule has 0 saturated heterocycles. The van der Waals surface area contributed by atoms with Crippen LogP contribution in [0.2, 0.25) is 0 Å². The Bertz CT molecular complexity index is 824. The lowest BCUT2D eigenvalue weighted by atomic mass is 9.83.